The Morgan fingerprint density at radius 2 is 1.89 bits per heavy atom. The highest BCUT2D eigenvalue weighted by atomic mass is 16.5. The highest BCUT2D eigenvalue weighted by Gasteiger charge is 2.48. The van der Waals surface area contributed by atoms with Crippen LogP contribution in [-0.2, 0) is 19.9 Å². The van der Waals surface area contributed by atoms with Gasteiger partial charge >= 0.3 is 0 Å². The second-order valence-corrected chi connectivity index (χ2v) is 13.3. The Morgan fingerprint density at radius 3 is 2.64 bits per heavy atom. The van der Waals surface area contributed by atoms with Crippen molar-refractivity contribution < 1.29 is 38.8 Å². The average Bonchev–Trinajstić information content (AvgIpc) is 3.59. The molecule has 4 aliphatic heterocycles. The number of hydrogen-bond donors (Lipinski definition) is 5. The van der Waals surface area contributed by atoms with Crippen LogP contribution < -0.4 is 15.4 Å². The van der Waals surface area contributed by atoms with E-state index in [0.29, 0.717) is 36.1 Å². The molecular weight excluding hydrogens is 562 g/mol. The fourth-order valence-electron chi connectivity index (χ4n) is 7.86. The number of nitrogens with one attached hydrogen (secondary N) is 2. The summed E-state index contributed by atoms with van der Waals surface area (Å²) in [6, 6.07) is 13.0. The Balaban J connectivity index is 0.995. The molecule has 2 aromatic rings. The first-order valence-corrected chi connectivity index (χ1v) is 16.3. The number of phenols is 1. The smallest absolute Gasteiger partial charge is 0.262 e. The number of aromatic hydroxyl groups is 1. The van der Waals surface area contributed by atoms with E-state index in [1.54, 1.807) is 0 Å². The molecule has 5 N–H and O–H groups in total. The molecule has 0 aromatic heterocycles. The predicted octanol–water partition coefficient (Wildman–Crippen LogP) is 3.41. The number of fused-ring (bicyclic) bond motifs is 4. The Hall–Kier alpha value is -2.73. The molecule has 7 rings (SSSR count). The maximum absolute atomic E-state index is 12.0. The van der Waals surface area contributed by atoms with Crippen molar-refractivity contribution in [3.05, 3.63) is 53.6 Å². The number of benzene rings is 2. The molecule has 4 heterocycles. The lowest BCUT2D eigenvalue weighted by Gasteiger charge is -2.53. The summed E-state index contributed by atoms with van der Waals surface area (Å²) in [6.45, 7) is 6.99. The standard InChI is InChI=1S/C34H47N3O7/c1-23(35-19-30(39)28-17-27(38)18-29-33(28)43-21-32(40)36-29)42-16-15-37-13-11-24(12-14-37)31(20-37)44-22-34(41,26-9-5-6-10-26)25-7-3-2-4-8-25/h2-4,7-8,17-18,23-24,26,30-31,35,39,41H,5-6,9-16,19-22H2,1H3,(H-,36,38,40)/p+1/t23?,24?,30-,31-,34?,37?/m0/s1. The van der Waals surface area contributed by atoms with Crippen LogP contribution in [-0.4, -0.2) is 90.6 Å². The van der Waals surface area contributed by atoms with Crippen LogP contribution in [0.5, 0.6) is 11.5 Å². The lowest BCUT2D eigenvalue weighted by molar-refractivity contribution is -0.946. The van der Waals surface area contributed by atoms with Crippen molar-refractivity contribution >= 4 is 11.6 Å². The monoisotopic (exact) mass is 610 g/mol. The Labute approximate surface area is 259 Å². The summed E-state index contributed by atoms with van der Waals surface area (Å²) in [4.78, 5) is 11.7. The van der Waals surface area contributed by atoms with Crippen LogP contribution in [0, 0.1) is 11.8 Å². The minimum absolute atomic E-state index is 0.0577. The highest BCUT2D eigenvalue weighted by molar-refractivity contribution is 5.96. The van der Waals surface area contributed by atoms with Crippen LogP contribution in [0.4, 0.5) is 5.69 Å². The third-order valence-electron chi connectivity index (χ3n) is 10.5. The van der Waals surface area contributed by atoms with Gasteiger partial charge in [-0.3, -0.25) is 10.1 Å². The Morgan fingerprint density at radius 1 is 1.14 bits per heavy atom. The molecule has 1 amide bonds. The maximum atomic E-state index is 12.0. The number of carbonyl (C=O) groups excluding carboxylic acids is 1. The Kier molecular flexibility index (Phi) is 9.47. The predicted molar refractivity (Wildman–Crippen MR) is 165 cm³/mol. The first kappa shape index (κ1) is 31.3. The molecule has 4 atom stereocenters. The van der Waals surface area contributed by atoms with Crippen molar-refractivity contribution in [3.8, 4) is 11.5 Å². The molecule has 3 saturated heterocycles. The average molecular weight is 611 g/mol. The minimum Gasteiger partial charge on any atom is -0.508 e. The lowest BCUT2D eigenvalue weighted by atomic mass is 9.80. The van der Waals surface area contributed by atoms with Gasteiger partial charge in [-0.2, -0.15) is 0 Å². The quantitative estimate of drug-likeness (QED) is 0.172. The normalized spacial score (nSPS) is 27.7. The third-order valence-corrected chi connectivity index (χ3v) is 10.5. The Bertz CT molecular complexity index is 1280. The molecule has 4 fully saturated rings. The molecule has 44 heavy (non-hydrogen) atoms. The van der Waals surface area contributed by atoms with Crippen molar-refractivity contribution in [2.75, 3.05) is 57.9 Å². The largest absolute Gasteiger partial charge is 0.508 e. The van der Waals surface area contributed by atoms with Gasteiger partial charge in [0.25, 0.3) is 5.91 Å². The highest BCUT2D eigenvalue weighted by Crippen LogP contribution is 2.43. The zero-order valence-corrected chi connectivity index (χ0v) is 25.7. The van der Waals surface area contributed by atoms with Crippen molar-refractivity contribution in [1.82, 2.24) is 5.32 Å². The number of piperidine rings is 3. The van der Waals surface area contributed by atoms with Gasteiger partial charge in [0, 0.05) is 36.9 Å². The van der Waals surface area contributed by atoms with E-state index >= 15 is 0 Å². The third kappa shape index (κ3) is 6.76. The van der Waals surface area contributed by atoms with Crippen LogP contribution in [0.25, 0.3) is 0 Å². The number of quaternary nitrogens is 1. The summed E-state index contributed by atoms with van der Waals surface area (Å²) in [6.07, 6.45) is 5.59. The number of aliphatic hydroxyl groups excluding tert-OH is 1. The number of nitrogens with zero attached hydrogens (tertiary/aromatic N) is 1. The van der Waals surface area contributed by atoms with Gasteiger partial charge in [0.2, 0.25) is 0 Å². The van der Waals surface area contributed by atoms with E-state index in [1.807, 2.05) is 37.3 Å². The number of phenolic OH excluding ortho intramolecular Hbond substituents is 1. The maximum Gasteiger partial charge on any atom is 0.262 e. The number of hydrogen-bond acceptors (Lipinski definition) is 8. The molecule has 240 valence electrons. The molecule has 1 saturated carbocycles. The summed E-state index contributed by atoms with van der Waals surface area (Å²) in [5, 5.41) is 38.8. The first-order chi connectivity index (χ1) is 21.2. The van der Waals surface area contributed by atoms with E-state index in [2.05, 4.69) is 10.6 Å². The van der Waals surface area contributed by atoms with Crippen LogP contribution in [0.15, 0.2) is 42.5 Å². The van der Waals surface area contributed by atoms with Gasteiger partial charge in [0.1, 0.15) is 42.5 Å². The number of anilines is 1. The summed E-state index contributed by atoms with van der Waals surface area (Å²) in [5.74, 6) is 0.793. The van der Waals surface area contributed by atoms with Gasteiger partial charge in [-0.25, -0.2) is 0 Å². The van der Waals surface area contributed by atoms with Gasteiger partial charge in [-0.05, 0) is 37.3 Å². The van der Waals surface area contributed by atoms with E-state index < -0.39 is 11.7 Å². The molecule has 2 bridgehead atoms. The molecular formula is C34H48N3O7+. The van der Waals surface area contributed by atoms with Gasteiger partial charge in [0.15, 0.2) is 6.61 Å². The van der Waals surface area contributed by atoms with Gasteiger partial charge in [-0.1, -0.05) is 43.2 Å². The van der Waals surface area contributed by atoms with Gasteiger partial charge in [0.05, 0.1) is 38.1 Å². The SMILES string of the molecule is CC(NC[C@H](O)c1cc(O)cc2c1OCC(=O)N2)OCC[N+]12CCC(CC1)[C@@H](OCC(O)(c1ccccc1)C1CCCC1)C2. The summed E-state index contributed by atoms with van der Waals surface area (Å²) < 4.78 is 19.3. The van der Waals surface area contributed by atoms with E-state index in [9.17, 15) is 20.1 Å². The van der Waals surface area contributed by atoms with Crippen LogP contribution in [0.2, 0.25) is 0 Å². The van der Waals surface area contributed by atoms with Crippen LogP contribution in [0.3, 0.4) is 0 Å². The van der Waals surface area contributed by atoms with Crippen molar-refractivity contribution in [2.24, 2.45) is 11.8 Å². The molecule has 2 aromatic carbocycles. The van der Waals surface area contributed by atoms with E-state index in [4.69, 9.17) is 14.2 Å². The number of ether oxygens (including phenoxy) is 3. The molecule has 2 unspecified atom stereocenters. The van der Waals surface area contributed by atoms with E-state index in [-0.39, 0.29) is 43.1 Å². The second-order valence-electron chi connectivity index (χ2n) is 13.3. The number of amides is 1. The first-order valence-electron chi connectivity index (χ1n) is 16.3. The summed E-state index contributed by atoms with van der Waals surface area (Å²) >= 11 is 0. The van der Waals surface area contributed by atoms with Gasteiger partial charge < -0.3 is 39.3 Å². The molecule has 5 aliphatic rings. The molecule has 0 spiro atoms. The van der Waals surface area contributed by atoms with Crippen molar-refractivity contribution in [1.29, 1.82) is 0 Å². The van der Waals surface area contributed by atoms with Crippen molar-refractivity contribution in [3.63, 3.8) is 0 Å². The summed E-state index contributed by atoms with van der Waals surface area (Å²) in [5.41, 5.74) is 0.790. The van der Waals surface area contributed by atoms with Crippen LogP contribution >= 0.6 is 0 Å². The zero-order valence-electron chi connectivity index (χ0n) is 25.7. The summed E-state index contributed by atoms with van der Waals surface area (Å²) in [7, 11) is 0. The van der Waals surface area contributed by atoms with Gasteiger partial charge in [-0.15, -0.1) is 0 Å². The minimum atomic E-state index is -0.962. The number of aliphatic hydroxyl groups is 2. The molecule has 0 radical (unpaired) electrons. The van der Waals surface area contributed by atoms with Crippen molar-refractivity contribution in [2.45, 2.75) is 69.5 Å². The topological polar surface area (TPSA) is 130 Å². The zero-order chi connectivity index (χ0) is 30.7. The molecule has 1 aliphatic carbocycles. The molecule has 10 heteroatoms. The fourth-order valence-corrected chi connectivity index (χ4v) is 7.86. The van der Waals surface area contributed by atoms with E-state index in [1.165, 1.54) is 25.0 Å². The fraction of sp³-hybridized carbons (Fsp3) is 0.618. The van der Waals surface area contributed by atoms with E-state index in [0.717, 1.165) is 61.9 Å². The van der Waals surface area contributed by atoms with Crippen LogP contribution in [0.1, 0.15) is 62.7 Å². The second kappa shape index (κ2) is 13.3. The number of carbonyl (C=O) groups is 1. The lowest BCUT2D eigenvalue weighted by Crippen LogP contribution is -2.65. The number of rotatable bonds is 13. The molecule has 10 nitrogen and oxygen atoms in total.